The van der Waals surface area contributed by atoms with Gasteiger partial charge in [-0.25, -0.2) is 0 Å². The topological polar surface area (TPSA) is 42.7 Å². The van der Waals surface area contributed by atoms with Crippen molar-refractivity contribution in [2.24, 2.45) is 24.8 Å². The van der Waals surface area contributed by atoms with Crippen molar-refractivity contribution in [1.29, 1.82) is 0 Å². The smallest absolute Gasteiger partial charge is 0.163 e. The molecule has 4 nitrogen and oxygen atoms in total. The van der Waals surface area contributed by atoms with Crippen LogP contribution in [0.15, 0.2) is 42.7 Å². The van der Waals surface area contributed by atoms with Gasteiger partial charge in [0.25, 0.3) is 0 Å². The van der Waals surface area contributed by atoms with Crippen molar-refractivity contribution >= 4 is 5.69 Å². The van der Waals surface area contributed by atoms with Crippen LogP contribution in [0, 0.1) is 17.8 Å². The number of hydrogen-bond acceptors (Lipinski definition) is 3. The molecule has 21 heavy (non-hydrogen) atoms. The molecule has 0 aliphatic heterocycles. The molecule has 0 spiro atoms. The van der Waals surface area contributed by atoms with E-state index in [1.165, 1.54) is 18.5 Å². The maximum absolute atomic E-state index is 4.17. The second-order valence-electron chi connectivity index (χ2n) is 6.27. The fourth-order valence-corrected chi connectivity index (χ4v) is 3.69. The zero-order valence-electron chi connectivity index (χ0n) is 12.2. The highest BCUT2D eigenvalue weighted by atomic mass is 15.2. The maximum atomic E-state index is 4.17. The van der Waals surface area contributed by atoms with Crippen LogP contribution in [0.4, 0.5) is 5.69 Å². The average Bonchev–Trinajstić information content (AvgIpc) is 3.21. The first kappa shape index (κ1) is 12.6. The first-order valence-electron chi connectivity index (χ1n) is 7.66. The van der Waals surface area contributed by atoms with E-state index in [-0.39, 0.29) is 0 Å². The van der Waals surface area contributed by atoms with Crippen molar-refractivity contribution in [3.8, 4) is 11.4 Å². The molecule has 2 bridgehead atoms. The molecule has 2 aliphatic rings. The Morgan fingerprint density at radius 2 is 2.24 bits per heavy atom. The van der Waals surface area contributed by atoms with Gasteiger partial charge >= 0.3 is 0 Å². The molecule has 1 saturated carbocycles. The van der Waals surface area contributed by atoms with E-state index in [9.17, 15) is 0 Å². The Balaban J connectivity index is 1.46. The summed E-state index contributed by atoms with van der Waals surface area (Å²) in [5.41, 5.74) is 2.27. The third-order valence-corrected chi connectivity index (χ3v) is 4.82. The fraction of sp³-hybridized carbons (Fsp3) is 0.412. The molecule has 4 rings (SSSR count). The Morgan fingerprint density at radius 3 is 2.95 bits per heavy atom. The molecule has 3 atom stereocenters. The summed E-state index contributed by atoms with van der Waals surface area (Å²) < 4.78 is 1.94. The van der Waals surface area contributed by atoms with Gasteiger partial charge in [0.2, 0.25) is 0 Å². The summed E-state index contributed by atoms with van der Waals surface area (Å²) in [5, 5.41) is 11.7. The Kier molecular flexibility index (Phi) is 3.02. The lowest BCUT2D eigenvalue weighted by Gasteiger charge is -2.19. The van der Waals surface area contributed by atoms with Gasteiger partial charge in [-0.15, -0.1) is 10.2 Å². The molecular weight excluding hydrogens is 260 g/mol. The van der Waals surface area contributed by atoms with Gasteiger partial charge in [0.1, 0.15) is 6.33 Å². The first-order valence-corrected chi connectivity index (χ1v) is 7.66. The number of anilines is 1. The van der Waals surface area contributed by atoms with Gasteiger partial charge in [-0.3, -0.25) is 0 Å². The van der Waals surface area contributed by atoms with Crippen LogP contribution >= 0.6 is 0 Å². The zero-order chi connectivity index (χ0) is 14.2. The average molecular weight is 280 g/mol. The van der Waals surface area contributed by atoms with Crippen LogP contribution in [-0.2, 0) is 7.05 Å². The second kappa shape index (κ2) is 5.02. The highest BCUT2D eigenvalue weighted by Crippen LogP contribution is 2.43. The summed E-state index contributed by atoms with van der Waals surface area (Å²) in [6, 6.07) is 8.44. The summed E-state index contributed by atoms with van der Waals surface area (Å²) in [5.74, 6) is 3.33. The first-order chi connectivity index (χ1) is 10.3. The normalized spacial score (nSPS) is 26.4. The van der Waals surface area contributed by atoms with Crippen molar-refractivity contribution in [2.75, 3.05) is 11.9 Å². The quantitative estimate of drug-likeness (QED) is 0.875. The van der Waals surface area contributed by atoms with Gasteiger partial charge in [0.05, 0.1) is 0 Å². The lowest BCUT2D eigenvalue weighted by Crippen LogP contribution is -2.18. The van der Waals surface area contributed by atoms with E-state index in [1.807, 2.05) is 11.6 Å². The van der Waals surface area contributed by atoms with Gasteiger partial charge < -0.3 is 9.88 Å². The van der Waals surface area contributed by atoms with Crippen LogP contribution < -0.4 is 5.32 Å². The number of benzene rings is 1. The van der Waals surface area contributed by atoms with E-state index in [4.69, 9.17) is 0 Å². The van der Waals surface area contributed by atoms with Gasteiger partial charge in [0, 0.05) is 24.8 Å². The molecule has 2 aromatic rings. The predicted octanol–water partition coefficient (Wildman–Crippen LogP) is 3.11. The lowest BCUT2D eigenvalue weighted by molar-refractivity contribution is 0.472. The molecule has 1 heterocycles. The van der Waals surface area contributed by atoms with Crippen LogP contribution in [0.3, 0.4) is 0 Å². The van der Waals surface area contributed by atoms with E-state index in [2.05, 4.69) is 51.9 Å². The molecule has 0 amide bonds. The van der Waals surface area contributed by atoms with Crippen molar-refractivity contribution in [2.45, 2.75) is 12.8 Å². The fourth-order valence-electron chi connectivity index (χ4n) is 3.69. The molecule has 1 N–H and O–H groups in total. The lowest BCUT2D eigenvalue weighted by atomic mass is 9.93. The zero-order valence-corrected chi connectivity index (χ0v) is 12.2. The molecule has 1 fully saturated rings. The third kappa shape index (κ3) is 2.35. The number of aryl methyl sites for hydroxylation is 1. The molecule has 1 aromatic heterocycles. The van der Waals surface area contributed by atoms with Crippen molar-refractivity contribution in [3.05, 3.63) is 42.7 Å². The standard InChI is InChI=1S/C17H20N4/c1-21-11-19-20-17(21)14-3-2-4-16(9-14)18-10-15-8-12-5-6-13(15)7-12/h2-6,9,11-13,15,18H,7-8,10H2,1H3. The number of rotatable bonds is 4. The monoisotopic (exact) mass is 280 g/mol. The van der Waals surface area contributed by atoms with Crippen molar-refractivity contribution < 1.29 is 0 Å². The molecule has 0 radical (unpaired) electrons. The summed E-state index contributed by atoms with van der Waals surface area (Å²) in [6.07, 6.45) is 9.26. The van der Waals surface area contributed by atoms with E-state index in [1.54, 1.807) is 6.33 Å². The Morgan fingerprint density at radius 1 is 1.29 bits per heavy atom. The van der Waals surface area contributed by atoms with Gasteiger partial charge in [-0.2, -0.15) is 0 Å². The van der Waals surface area contributed by atoms with Crippen LogP contribution in [0.5, 0.6) is 0 Å². The van der Waals surface area contributed by atoms with E-state index < -0.39 is 0 Å². The molecule has 108 valence electrons. The van der Waals surface area contributed by atoms with E-state index in [0.717, 1.165) is 35.7 Å². The van der Waals surface area contributed by atoms with Crippen LogP contribution in [0.25, 0.3) is 11.4 Å². The molecular formula is C17H20N4. The van der Waals surface area contributed by atoms with Crippen LogP contribution in [0.1, 0.15) is 12.8 Å². The second-order valence-corrected chi connectivity index (χ2v) is 6.27. The minimum absolute atomic E-state index is 0.790. The summed E-state index contributed by atoms with van der Waals surface area (Å²) in [4.78, 5) is 0. The maximum Gasteiger partial charge on any atom is 0.163 e. The molecule has 3 unspecified atom stereocenters. The van der Waals surface area contributed by atoms with Crippen LogP contribution in [-0.4, -0.2) is 21.3 Å². The van der Waals surface area contributed by atoms with Crippen molar-refractivity contribution in [1.82, 2.24) is 14.8 Å². The highest BCUT2D eigenvalue weighted by Gasteiger charge is 2.35. The van der Waals surface area contributed by atoms with Crippen molar-refractivity contribution in [3.63, 3.8) is 0 Å². The number of allylic oxidation sites excluding steroid dienone is 2. The molecule has 4 heteroatoms. The Labute approximate surface area is 124 Å². The highest BCUT2D eigenvalue weighted by molar-refractivity contribution is 5.62. The largest absolute Gasteiger partial charge is 0.385 e. The third-order valence-electron chi connectivity index (χ3n) is 4.82. The van der Waals surface area contributed by atoms with Crippen LogP contribution in [0.2, 0.25) is 0 Å². The number of aromatic nitrogens is 3. The Bertz CT molecular complexity index is 673. The number of fused-ring (bicyclic) bond motifs is 2. The SMILES string of the molecule is Cn1cnnc1-c1cccc(NCC2CC3C=CC2C3)c1. The predicted molar refractivity (Wildman–Crippen MR) is 83.8 cm³/mol. The van der Waals surface area contributed by atoms with Gasteiger partial charge in [0.15, 0.2) is 5.82 Å². The molecule has 1 aromatic carbocycles. The summed E-state index contributed by atoms with van der Waals surface area (Å²) >= 11 is 0. The Hall–Kier alpha value is -2.10. The molecule has 0 saturated heterocycles. The van der Waals surface area contributed by atoms with Gasteiger partial charge in [-0.05, 0) is 42.7 Å². The van der Waals surface area contributed by atoms with E-state index in [0.29, 0.717) is 0 Å². The number of nitrogens with one attached hydrogen (secondary N) is 1. The number of nitrogens with zero attached hydrogens (tertiary/aromatic N) is 3. The van der Waals surface area contributed by atoms with Gasteiger partial charge in [-0.1, -0.05) is 24.3 Å². The number of hydrogen-bond donors (Lipinski definition) is 1. The molecule has 2 aliphatic carbocycles. The minimum Gasteiger partial charge on any atom is -0.385 e. The summed E-state index contributed by atoms with van der Waals surface area (Å²) in [6.45, 7) is 1.06. The van der Waals surface area contributed by atoms with E-state index >= 15 is 0 Å². The summed E-state index contributed by atoms with van der Waals surface area (Å²) in [7, 11) is 1.97. The minimum atomic E-state index is 0.790.